The molecule has 18 heavy (non-hydrogen) atoms. The van der Waals surface area contributed by atoms with Crippen molar-refractivity contribution in [3.63, 3.8) is 0 Å². The van der Waals surface area contributed by atoms with Gasteiger partial charge in [-0.25, -0.2) is 9.59 Å². The molecule has 5 heteroatoms. The summed E-state index contributed by atoms with van der Waals surface area (Å²) in [7, 11) is 1.52. The molecule has 0 spiro atoms. The van der Waals surface area contributed by atoms with E-state index >= 15 is 0 Å². The second-order valence-corrected chi connectivity index (χ2v) is 4.58. The molecule has 0 unspecified atom stereocenters. The van der Waals surface area contributed by atoms with E-state index < -0.39 is 17.7 Å². The standard InChI is InChI=1S/C13H16O5/c1-13(2,3)18-12(15)17-11(14)9-5-7-10(16-4)8-6-9/h5-8H,1-4H3. The van der Waals surface area contributed by atoms with E-state index in [1.165, 1.54) is 19.2 Å². The number of hydrogen-bond donors (Lipinski definition) is 0. The van der Waals surface area contributed by atoms with Gasteiger partial charge in [0.25, 0.3) is 0 Å². The zero-order chi connectivity index (χ0) is 13.8. The number of carbonyl (C=O) groups is 2. The van der Waals surface area contributed by atoms with Gasteiger partial charge < -0.3 is 14.2 Å². The van der Waals surface area contributed by atoms with Crippen LogP contribution in [0.3, 0.4) is 0 Å². The molecule has 0 saturated carbocycles. The lowest BCUT2D eigenvalue weighted by Crippen LogP contribution is -2.26. The lowest BCUT2D eigenvalue weighted by atomic mass is 10.2. The molecule has 0 bridgehead atoms. The minimum atomic E-state index is -1.01. The molecule has 98 valence electrons. The highest BCUT2D eigenvalue weighted by Crippen LogP contribution is 2.13. The summed E-state index contributed by atoms with van der Waals surface area (Å²) in [6.07, 6.45) is -1.01. The highest BCUT2D eigenvalue weighted by Gasteiger charge is 2.20. The van der Waals surface area contributed by atoms with Crippen LogP contribution in [-0.2, 0) is 9.47 Å². The molecule has 0 saturated heterocycles. The Bertz CT molecular complexity index is 428. The van der Waals surface area contributed by atoms with Gasteiger partial charge in [0.2, 0.25) is 0 Å². The van der Waals surface area contributed by atoms with Gasteiger partial charge in [0, 0.05) is 0 Å². The Morgan fingerprint density at radius 2 is 1.61 bits per heavy atom. The second kappa shape index (κ2) is 5.53. The summed E-state index contributed by atoms with van der Waals surface area (Å²) >= 11 is 0. The fourth-order valence-corrected chi connectivity index (χ4v) is 1.13. The molecule has 1 rings (SSSR count). The molecule has 0 aliphatic carbocycles. The number of benzene rings is 1. The first-order chi connectivity index (χ1) is 8.31. The molecular formula is C13H16O5. The number of esters is 1. The van der Waals surface area contributed by atoms with Crippen LogP contribution >= 0.6 is 0 Å². The summed E-state index contributed by atoms with van der Waals surface area (Å²) in [6, 6.07) is 6.22. The van der Waals surface area contributed by atoms with Gasteiger partial charge in [-0.05, 0) is 45.0 Å². The van der Waals surface area contributed by atoms with E-state index in [0.717, 1.165) is 0 Å². The van der Waals surface area contributed by atoms with Crippen molar-refractivity contribution in [2.45, 2.75) is 26.4 Å². The maximum Gasteiger partial charge on any atom is 0.516 e. The van der Waals surface area contributed by atoms with Crippen LogP contribution in [0.5, 0.6) is 5.75 Å². The molecule has 0 atom stereocenters. The highest BCUT2D eigenvalue weighted by atomic mass is 16.7. The Labute approximate surface area is 106 Å². The SMILES string of the molecule is COc1ccc(C(=O)OC(=O)OC(C)(C)C)cc1. The molecule has 5 nitrogen and oxygen atoms in total. The quantitative estimate of drug-likeness (QED) is 0.598. The number of methoxy groups -OCH3 is 1. The molecule has 0 amide bonds. The summed E-state index contributed by atoms with van der Waals surface area (Å²) in [5, 5.41) is 0. The Kier molecular flexibility index (Phi) is 4.31. The van der Waals surface area contributed by atoms with Crippen LogP contribution in [0.4, 0.5) is 4.79 Å². The predicted octanol–water partition coefficient (Wildman–Crippen LogP) is 2.79. The number of carbonyl (C=O) groups excluding carboxylic acids is 2. The van der Waals surface area contributed by atoms with Gasteiger partial charge >= 0.3 is 12.1 Å². The topological polar surface area (TPSA) is 61.8 Å². The lowest BCUT2D eigenvalue weighted by Gasteiger charge is -2.18. The smallest absolute Gasteiger partial charge is 0.497 e. The highest BCUT2D eigenvalue weighted by molar-refractivity contribution is 5.95. The van der Waals surface area contributed by atoms with E-state index in [1.807, 2.05) is 0 Å². The van der Waals surface area contributed by atoms with Crippen molar-refractivity contribution in [3.05, 3.63) is 29.8 Å². The van der Waals surface area contributed by atoms with Gasteiger partial charge in [-0.3, -0.25) is 0 Å². The van der Waals surface area contributed by atoms with Crippen LogP contribution in [0.25, 0.3) is 0 Å². The minimum Gasteiger partial charge on any atom is -0.497 e. The second-order valence-electron chi connectivity index (χ2n) is 4.58. The molecule has 0 aliphatic heterocycles. The third kappa shape index (κ3) is 4.45. The first kappa shape index (κ1) is 14.0. The zero-order valence-corrected chi connectivity index (χ0v) is 10.9. The fourth-order valence-electron chi connectivity index (χ4n) is 1.13. The van der Waals surface area contributed by atoms with Crippen molar-refractivity contribution >= 4 is 12.1 Å². The van der Waals surface area contributed by atoms with Crippen molar-refractivity contribution in [1.82, 2.24) is 0 Å². The van der Waals surface area contributed by atoms with Gasteiger partial charge in [0.1, 0.15) is 11.4 Å². The first-order valence-corrected chi connectivity index (χ1v) is 5.41. The third-order valence-electron chi connectivity index (χ3n) is 1.89. The maximum atomic E-state index is 11.6. The Morgan fingerprint density at radius 1 is 1.06 bits per heavy atom. The average Bonchev–Trinajstić information content (AvgIpc) is 2.26. The lowest BCUT2D eigenvalue weighted by molar-refractivity contribution is -0.00154. The maximum absolute atomic E-state index is 11.6. The summed E-state index contributed by atoms with van der Waals surface area (Å²) in [4.78, 5) is 22.9. The predicted molar refractivity (Wildman–Crippen MR) is 64.6 cm³/mol. The van der Waals surface area contributed by atoms with Crippen molar-refractivity contribution < 1.29 is 23.8 Å². The van der Waals surface area contributed by atoms with Crippen LogP contribution in [0.15, 0.2) is 24.3 Å². The van der Waals surface area contributed by atoms with Crippen LogP contribution in [0, 0.1) is 0 Å². The normalized spacial score (nSPS) is 10.7. The van der Waals surface area contributed by atoms with E-state index in [2.05, 4.69) is 4.74 Å². The Morgan fingerprint density at radius 3 is 2.06 bits per heavy atom. The molecule has 0 fully saturated rings. The molecule has 1 aromatic rings. The largest absolute Gasteiger partial charge is 0.516 e. The fraction of sp³-hybridized carbons (Fsp3) is 0.385. The number of rotatable bonds is 2. The number of hydrogen-bond acceptors (Lipinski definition) is 5. The van der Waals surface area contributed by atoms with E-state index in [9.17, 15) is 9.59 Å². The molecule has 0 aliphatic rings. The average molecular weight is 252 g/mol. The molecule has 0 aromatic heterocycles. The molecule has 0 N–H and O–H groups in total. The number of ether oxygens (including phenoxy) is 3. The van der Waals surface area contributed by atoms with Gasteiger partial charge in [0.05, 0.1) is 12.7 Å². The van der Waals surface area contributed by atoms with E-state index in [1.54, 1.807) is 32.9 Å². The van der Waals surface area contributed by atoms with E-state index in [0.29, 0.717) is 5.75 Å². The van der Waals surface area contributed by atoms with Crippen LogP contribution < -0.4 is 4.74 Å². The summed E-state index contributed by atoms with van der Waals surface area (Å²) in [6.45, 7) is 5.06. The Balaban J connectivity index is 2.62. The van der Waals surface area contributed by atoms with Crippen molar-refractivity contribution in [2.24, 2.45) is 0 Å². The molecule has 0 heterocycles. The van der Waals surface area contributed by atoms with Crippen LogP contribution in [0.1, 0.15) is 31.1 Å². The molecular weight excluding hydrogens is 236 g/mol. The third-order valence-corrected chi connectivity index (χ3v) is 1.89. The first-order valence-electron chi connectivity index (χ1n) is 5.41. The zero-order valence-electron chi connectivity index (χ0n) is 10.9. The summed E-state index contributed by atoms with van der Waals surface area (Å²) in [5.74, 6) is -0.143. The molecule has 1 aromatic carbocycles. The van der Waals surface area contributed by atoms with Gasteiger partial charge in [0.15, 0.2) is 0 Å². The summed E-state index contributed by atoms with van der Waals surface area (Å²) in [5.41, 5.74) is -0.446. The van der Waals surface area contributed by atoms with Gasteiger partial charge in [-0.2, -0.15) is 0 Å². The molecule has 0 radical (unpaired) electrons. The van der Waals surface area contributed by atoms with Crippen molar-refractivity contribution in [1.29, 1.82) is 0 Å². The monoisotopic (exact) mass is 252 g/mol. The van der Waals surface area contributed by atoms with Crippen LogP contribution in [-0.4, -0.2) is 24.8 Å². The minimum absolute atomic E-state index is 0.252. The summed E-state index contributed by atoms with van der Waals surface area (Å²) < 4.78 is 14.4. The Hall–Kier alpha value is -2.04. The van der Waals surface area contributed by atoms with Crippen molar-refractivity contribution in [2.75, 3.05) is 7.11 Å². The van der Waals surface area contributed by atoms with Gasteiger partial charge in [-0.1, -0.05) is 0 Å². The van der Waals surface area contributed by atoms with E-state index in [-0.39, 0.29) is 5.56 Å². The van der Waals surface area contributed by atoms with Gasteiger partial charge in [-0.15, -0.1) is 0 Å². The van der Waals surface area contributed by atoms with E-state index in [4.69, 9.17) is 9.47 Å². The van der Waals surface area contributed by atoms with Crippen LogP contribution in [0.2, 0.25) is 0 Å². The van der Waals surface area contributed by atoms with Crippen molar-refractivity contribution in [3.8, 4) is 5.75 Å².